The van der Waals surface area contributed by atoms with Gasteiger partial charge >= 0.3 is 0 Å². The van der Waals surface area contributed by atoms with E-state index in [1.165, 1.54) is 13.2 Å². The molecule has 6 heteroatoms. The zero-order valence-electron chi connectivity index (χ0n) is 16.6. The third kappa shape index (κ3) is 2.76. The number of allylic oxidation sites excluding steroid dienone is 4. The molecule has 0 bridgehead atoms. The monoisotopic (exact) mass is 384 g/mol. The molecule has 0 unspecified atom stereocenters. The number of ketones is 2. The van der Waals surface area contributed by atoms with Crippen LogP contribution in [0.2, 0.25) is 0 Å². The van der Waals surface area contributed by atoms with Crippen molar-refractivity contribution < 1.29 is 29.3 Å². The van der Waals surface area contributed by atoms with Crippen LogP contribution < -0.4 is 4.74 Å². The van der Waals surface area contributed by atoms with E-state index in [9.17, 15) is 14.7 Å². The van der Waals surface area contributed by atoms with Crippen LogP contribution in [-0.4, -0.2) is 41.6 Å². The summed E-state index contributed by atoms with van der Waals surface area (Å²) in [5, 5.41) is 19.9. The molecule has 1 aliphatic carbocycles. The predicted octanol–water partition coefficient (Wildman–Crippen LogP) is 3.23. The molecule has 0 radical (unpaired) electrons. The molecule has 3 rings (SSSR count). The number of aliphatic hydroxyl groups excluding tert-OH is 1. The van der Waals surface area contributed by atoms with Gasteiger partial charge in [0.25, 0.3) is 0 Å². The third-order valence-corrected chi connectivity index (χ3v) is 5.57. The van der Waals surface area contributed by atoms with Crippen molar-refractivity contribution in [1.29, 1.82) is 0 Å². The number of hydrogen-bond donors (Lipinski definition) is 2. The summed E-state index contributed by atoms with van der Waals surface area (Å²) in [5.41, 5.74) is 1.01. The second-order valence-corrected chi connectivity index (χ2v) is 7.41. The Kier molecular flexibility index (Phi) is 4.93. The lowest BCUT2D eigenvalue weighted by Crippen LogP contribution is -2.30. The van der Waals surface area contributed by atoms with Crippen LogP contribution >= 0.6 is 0 Å². The SMILES string of the molecule is COC1=C(C)C(=O)c2c(cc(O)c3c2O[C@H](C)[C@]3(C)C=CC=C(C)CO)C1=O. The fraction of sp³-hybridized carbons (Fsp3) is 0.364. The molecule has 2 aliphatic rings. The molecule has 1 aromatic rings. The van der Waals surface area contributed by atoms with Crippen molar-refractivity contribution in [1.82, 2.24) is 0 Å². The maximum absolute atomic E-state index is 13.0. The minimum absolute atomic E-state index is 0.0184. The molecule has 2 N–H and O–H groups in total. The van der Waals surface area contributed by atoms with Gasteiger partial charge in [-0.1, -0.05) is 18.2 Å². The first-order valence-corrected chi connectivity index (χ1v) is 9.04. The fourth-order valence-corrected chi connectivity index (χ4v) is 3.70. The lowest BCUT2D eigenvalue weighted by Gasteiger charge is -2.25. The Labute approximate surface area is 163 Å². The van der Waals surface area contributed by atoms with Gasteiger partial charge in [-0.25, -0.2) is 0 Å². The average molecular weight is 384 g/mol. The van der Waals surface area contributed by atoms with Crippen molar-refractivity contribution in [3.8, 4) is 11.5 Å². The number of Topliss-reactive ketones (excluding diaryl/α,β-unsaturated/α-hetero) is 2. The van der Waals surface area contributed by atoms with Crippen LogP contribution in [0.5, 0.6) is 11.5 Å². The molecule has 0 fully saturated rings. The van der Waals surface area contributed by atoms with Crippen LogP contribution in [0.4, 0.5) is 0 Å². The second kappa shape index (κ2) is 6.95. The van der Waals surface area contributed by atoms with E-state index >= 15 is 0 Å². The Morgan fingerprint density at radius 1 is 1.36 bits per heavy atom. The lowest BCUT2D eigenvalue weighted by atomic mass is 9.76. The highest BCUT2D eigenvalue weighted by atomic mass is 16.5. The Hall–Kier alpha value is -2.86. The van der Waals surface area contributed by atoms with E-state index in [-0.39, 0.29) is 52.5 Å². The van der Waals surface area contributed by atoms with E-state index in [0.29, 0.717) is 5.56 Å². The summed E-state index contributed by atoms with van der Waals surface area (Å²) < 4.78 is 11.1. The number of ether oxygens (including phenoxy) is 2. The first kappa shape index (κ1) is 19.9. The van der Waals surface area contributed by atoms with Crippen LogP contribution in [0.1, 0.15) is 54.0 Å². The van der Waals surface area contributed by atoms with Crippen molar-refractivity contribution in [3.63, 3.8) is 0 Å². The molecule has 0 saturated carbocycles. The minimum Gasteiger partial charge on any atom is -0.507 e. The molecule has 1 heterocycles. The zero-order chi connectivity index (χ0) is 20.8. The molecule has 0 amide bonds. The van der Waals surface area contributed by atoms with Gasteiger partial charge in [0, 0.05) is 11.1 Å². The quantitative estimate of drug-likeness (QED) is 0.775. The van der Waals surface area contributed by atoms with Gasteiger partial charge in [-0.15, -0.1) is 0 Å². The number of rotatable bonds is 4. The molecule has 2 atom stereocenters. The van der Waals surface area contributed by atoms with Crippen molar-refractivity contribution in [2.45, 2.75) is 39.2 Å². The Morgan fingerprint density at radius 2 is 2.04 bits per heavy atom. The zero-order valence-corrected chi connectivity index (χ0v) is 16.6. The van der Waals surface area contributed by atoms with Crippen molar-refractivity contribution in [3.05, 3.63) is 57.9 Å². The highest BCUT2D eigenvalue weighted by Gasteiger charge is 2.47. The Balaban J connectivity index is 2.21. The maximum Gasteiger partial charge on any atom is 0.228 e. The standard InChI is InChI=1S/C22H24O6/c1-11(10-23)7-6-8-22(4)13(3)28-21-16-14(9-15(24)17(21)22)19(26)20(27-5)12(2)18(16)25/h6-9,13,23-24H,10H2,1-5H3/t13-,22+/m1/s1. The largest absolute Gasteiger partial charge is 0.507 e. The van der Waals surface area contributed by atoms with Gasteiger partial charge in [0.1, 0.15) is 17.6 Å². The predicted molar refractivity (Wildman–Crippen MR) is 104 cm³/mol. The number of aromatic hydroxyl groups is 1. The van der Waals surface area contributed by atoms with Gasteiger partial charge < -0.3 is 19.7 Å². The normalized spacial score (nSPS) is 24.5. The van der Waals surface area contributed by atoms with Crippen LogP contribution in [0.15, 0.2) is 41.2 Å². The summed E-state index contributed by atoms with van der Waals surface area (Å²) in [5.74, 6) is -0.682. The number of carbonyl (C=O) groups is 2. The number of phenols is 1. The molecule has 1 aliphatic heterocycles. The number of aliphatic hydroxyl groups is 1. The van der Waals surface area contributed by atoms with Crippen molar-refractivity contribution >= 4 is 11.6 Å². The smallest absolute Gasteiger partial charge is 0.228 e. The first-order valence-electron chi connectivity index (χ1n) is 9.04. The number of phenolic OH excluding ortho intramolecular Hbond substituents is 1. The van der Waals surface area contributed by atoms with Crippen LogP contribution in [0.3, 0.4) is 0 Å². The molecule has 1 aromatic carbocycles. The van der Waals surface area contributed by atoms with E-state index in [1.54, 1.807) is 26.0 Å². The summed E-state index contributed by atoms with van der Waals surface area (Å²) in [7, 11) is 1.34. The van der Waals surface area contributed by atoms with Gasteiger partial charge in [0.15, 0.2) is 11.5 Å². The summed E-state index contributed by atoms with van der Waals surface area (Å²) >= 11 is 0. The van der Waals surface area contributed by atoms with Crippen LogP contribution in [0, 0.1) is 0 Å². The van der Waals surface area contributed by atoms with Crippen molar-refractivity contribution in [2.24, 2.45) is 0 Å². The average Bonchev–Trinajstić information content (AvgIpc) is 2.91. The molecular weight excluding hydrogens is 360 g/mol. The van der Waals surface area contributed by atoms with E-state index in [4.69, 9.17) is 14.6 Å². The van der Waals surface area contributed by atoms with Crippen LogP contribution in [-0.2, 0) is 10.2 Å². The van der Waals surface area contributed by atoms with Gasteiger partial charge in [0.05, 0.1) is 30.3 Å². The molecule has 28 heavy (non-hydrogen) atoms. The topological polar surface area (TPSA) is 93.1 Å². The minimum atomic E-state index is -0.719. The number of benzene rings is 1. The third-order valence-electron chi connectivity index (χ3n) is 5.57. The van der Waals surface area contributed by atoms with Gasteiger partial charge in [-0.3, -0.25) is 9.59 Å². The highest BCUT2D eigenvalue weighted by molar-refractivity contribution is 6.27. The summed E-state index contributed by atoms with van der Waals surface area (Å²) in [6, 6.07) is 1.32. The Bertz CT molecular complexity index is 966. The second-order valence-electron chi connectivity index (χ2n) is 7.41. The summed E-state index contributed by atoms with van der Waals surface area (Å²) in [6.07, 6.45) is 5.06. The number of carbonyl (C=O) groups excluding carboxylic acids is 2. The molecular formula is C22H24O6. The Morgan fingerprint density at radius 3 is 2.64 bits per heavy atom. The molecule has 0 saturated heterocycles. The lowest BCUT2D eigenvalue weighted by molar-refractivity contribution is 0.0902. The van der Waals surface area contributed by atoms with Gasteiger partial charge in [-0.05, 0) is 39.3 Å². The highest BCUT2D eigenvalue weighted by Crippen LogP contribution is 2.52. The number of fused-ring (bicyclic) bond motifs is 3. The van der Waals surface area contributed by atoms with Gasteiger partial charge in [-0.2, -0.15) is 0 Å². The summed E-state index contributed by atoms with van der Waals surface area (Å²) in [6.45, 7) is 7.04. The molecule has 0 spiro atoms. The van der Waals surface area contributed by atoms with E-state index in [1.807, 2.05) is 19.9 Å². The molecule has 148 valence electrons. The van der Waals surface area contributed by atoms with Gasteiger partial charge in [0.2, 0.25) is 5.78 Å². The first-order chi connectivity index (χ1) is 13.2. The van der Waals surface area contributed by atoms with E-state index in [2.05, 4.69) is 0 Å². The molecule has 6 nitrogen and oxygen atoms in total. The fourth-order valence-electron chi connectivity index (χ4n) is 3.70. The number of methoxy groups -OCH3 is 1. The number of hydrogen-bond acceptors (Lipinski definition) is 6. The van der Waals surface area contributed by atoms with Crippen molar-refractivity contribution in [2.75, 3.05) is 13.7 Å². The van der Waals surface area contributed by atoms with E-state index < -0.39 is 11.2 Å². The van der Waals surface area contributed by atoms with E-state index in [0.717, 1.165) is 5.57 Å². The summed E-state index contributed by atoms with van der Waals surface area (Å²) in [4.78, 5) is 25.7. The van der Waals surface area contributed by atoms with Crippen LogP contribution in [0.25, 0.3) is 0 Å². The molecule has 0 aromatic heterocycles. The maximum atomic E-state index is 13.0.